The topological polar surface area (TPSA) is 94.2 Å². The second kappa shape index (κ2) is 7.16. The van der Waals surface area contributed by atoms with Gasteiger partial charge in [0.05, 0.1) is 38.5 Å². The van der Waals surface area contributed by atoms with Crippen molar-refractivity contribution in [2.75, 3.05) is 45.2 Å². The first-order chi connectivity index (χ1) is 11.3. The summed E-state index contributed by atoms with van der Waals surface area (Å²) in [6.45, 7) is 0. The van der Waals surface area contributed by atoms with Crippen LogP contribution in [0.3, 0.4) is 0 Å². The highest BCUT2D eigenvalue weighted by molar-refractivity contribution is 7.91. The SMILES string of the molecule is COc1cc(NC(=O)N(C)C2CCS(=O)(=O)C2)cc(OC)c1OC. The van der Waals surface area contributed by atoms with Crippen molar-refractivity contribution in [2.45, 2.75) is 12.5 Å². The summed E-state index contributed by atoms with van der Waals surface area (Å²) >= 11 is 0. The first-order valence-corrected chi connectivity index (χ1v) is 9.17. The minimum absolute atomic E-state index is 0.00776. The Morgan fingerprint density at radius 3 is 2.17 bits per heavy atom. The van der Waals surface area contributed by atoms with Gasteiger partial charge in [-0.25, -0.2) is 13.2 Å². The lowest BCUT2D eigenvalue weighted by Crippen LogP contribution is -2.40. The third-order valence-corrected chi connectivity index (χ3v) is 5.74. The molecule has 0 radical (unpaired) electrons. The van der Waals surface area contributed by atoms with Crippen LogP contribution in [0.15, 0.2) is 12.1 Å². The van der Waals surface area contributed by atoms with E-state index in [1.807, 2.05) is 0 Å². The quantitative estimate of drug-likeness (QED) is 0.854. The molecule has 8 nitrogen and oxygen atoms in total. The van der Waals surface area contributed by atoms with Gasteiger partial charge in [-0.1, -0.05) is 0 Å². The highest BCUT2D eigenvalue weighted by atomic mass is 32.2. The minimum Gasteiger partial charge on any atom is -0.493 e. The standard InChI is InChI=1S/C15H22N2O6S/c1-17(11-5-6-24(19,20)9-11)15(18)16-10-7-12(21-2)14(23-4)13(8-10)22-3/h7-8,11H,5-6,9H2,1-4H3,(H,16,18). The van der Waals surface area contributed by atoms with Crippen molar-refractivity contribution in [3.63, 3.8) is 0 Å². The van der Waals surface area contributed by atoms with Gasteiger partial charge in [0.2, 0.25) is 5.75 Å². The molecule has 1 atom stereocenters. The van der Waals surface area contributed by atoms with Crippen molar-refractivity contribution in [3.05, 3.63) is 12.1 Å². The maximum absolute atomic E-state index is 12.4. The van der Waals surface area contributed by atoms with Crippen LogP contribution in [-0.2, 0) is 9.84 Å². The third-order valence-electron chi connectivity index (χ3n) is 3.99. The summed E-state index contributed by atoms with van der Waals surface area (Å²) in [5.41, 5.74) is 0.460. The summed E-state index contributed by atoms with van der Waals surface area (Å²) in [6, 6.07) is 2.50. The summed E-state index contributed by atoms with van der Waals surface area (Å²) < 4.78 is 38.8. The van der Waals surface area contributed by atoms with Gasteiger partial charge < -0.3 is 24.4 Å². The van der Waals surface area contributed by atoms with Gasteiger partial charge >= 0.3 is 6.03 Å². The number of hydrogen-bond donors (Lipinski definition) is 1. The van der Waals surface area contributed by atoms with E-state index < -0.39 is 15.9 Å². The van der Waals surface area contributed by atoms with Crippen LogP contribution >= 0.6 is 0 Å². The zero-order valence-corrected chi connectivity index (χ0v) is 15.0. The summed E-state index contributed by atoms with van der Waals surface area (Å²) in [7, 11) is 2.99. The van der Waals surface area contributed by atoms with Gasteiger partial charge in [0.15, 0.2) is 21.3 Å². The number of ether oxygens (including phenoxy) is 3. The molecule has 134 valence electrons. The zero-order valence-electron chi connectivity index (χ0n) is 14.2. The molecule has 1 aromatic rings. The Labute approximate surface area is 141 Å². The zero-order chi connectivity index (χ0) is 17.9. The molecule has 0 aromatic heterocycles. The smallest absolute Gasteiger partial charge is 0.321 e. The Morgan fingerprint density at radius 2 is 1.75 bits per heavy atom. The number of urea groups is 1. The van der Waals surface area contributed by atoms with E-state index in [-0.39, 0.29) is 17.5 Å². The Morgan fingerprint density at radius 1 is 1.17 bits per heavy atom. The van der Waals surface area contributed by atoms with Gasteiger partial charge in [-0.15, -0.1) is 0 Å². The first kappa shape index (κ1) is 18.2. The lowest BCUT2D eigenvalue weighted by atomic mass is 10.2. The molecule has 9 heteroatoms. The highest BCUT2D eigenvalue weighted by Crippen LogP contribution is 2.40. The van der Waals surface area contributed by atoms with Crippen LogP contribution in [0, 0.1) is 0 Å². The number of methoxy groups -OCH3 is 3. The van der Waals surface area contributed by atoms with Gasteiger partial charge in [0.25, 0.3) is 0 Å². The second-order valence-corrected chi connectivity index (χ2v) is 7.74. The lowest BCUT2D eigenvalue weighted by Gasteiger charge is -2.24. The lowest BCUT2D eigenvalue weighted by molar-refractivity contribution is 0.209. The number of benzene rings is 1. The van der Waals surface area contributed by atoms with E-state index in [2.05, 4.69) is 5.32 Å². The van der Waals surface area contributed by atoms with Gasteiger partial charge in [-0.05, 0) is 6.42 Å². The number of nitrogens with one attached hydrogen (secondary N) is 1. The molecule has 0 saturated carbocycles. The van der Waals surface area contributed by atoms with E-state index in [0.717, 1.165) is 0 Å². The molecule has 0 aliphatic carbocycles. The van der Waals surface area contributed by atoms with E-state index in [1.54, 1.807) is 19.2 Å². The van der Waals surface area contributed by atoms with Crippen molar-refractivity contribution < 1.29 is 27.4 Å². The molecule has 1 N–H and O–H groups in total. The molecule has 2 rings (SSSR count). The third kappa shape index (κ3) is 3.84. The molecular formula is C15H22N2O6S. The summed E-state index contributed by atoms with van der Waals surface area (Å²) in [5, 5.41) is 2.72. The average molecular weight is 358 g/mol. The number of amides is 2. The Balaban J connectivity index is 2.16. The Kier molecular flexibility index (Phi) is 5.43. The molecule has 1 aromatic carbocycles. The first-order valence-electron chi connectivity index (χ1n) is 7.35. The van der Waals surface area contributed by atoms with Crippen molar-refractivity contribution in [3.8, 4) is 17.2 Å². The van der Waals surface area contributed by atoms with Gasteiger partial charge in [0.1, 0.15) is 0 Å². The Bertz CT molecular complexity index is 694. The van der Waals surface area contributed by atoms with Crippen LogP contribution < -0.4 is 19.5 Å². The summed E-state index contributed by atoms with van der Waals surface area (Å²) in [4.78, 5) is 13.8. The largest absolute Gasteiger partial charge is 0.493 e. The number of anilines is 1. The molecule has 1 heterocycles. The minimum atomic E-state index is -3.06. The number of sulfone groups is 1. The van der Waals surface area contributed by atoms with Crippen LogP contribution in [0.5, 0.6) is 17.2 Å². The Hall–Kier alpha value is -2.16. The molecule has 1 saturated heterocycles. The van der Waals surface area contributed by atoms with Crippen LogP contribution in [0.1, 0.15) is 6.42 Å². The second-order valence-electron chi connectivity index (χ2n) is 5.51. The van der Waals surface area contributed by atoms with Crippen LogP contribution in [-0.4, -0.2) is 65.3 Å². The fraction of sp³-hybridized carbons (Fsp3) is 0.533. The van der Waals surface area contributed by atoms with Crippen LogP contribution in [0.2, 0.25) is 0 Å². The maximum atomic E-state index is 12.4. The summed E-state index contributed by atoms with van der Waals surface area (Å²) in [5.74, 6) is 1.36. The number of carbonyl (C=O) groups excluding carboxylic acids is 1. The summed E-state index contributed by atoms with van der Waals surface area (Å²) in [6.07, 6.45) is 0.446. The predicted molar refractivity (Wildman–Crippen MR) is 89.9 cm³/mol. The van der Waals surface area contributed by atoms with E-state index >= 15 is 0 Å². The van der Waals surface area contributed by atoms with E-state index in [0.29, 0.717) is 29.4 Å². The molecule has 1 unspecified atom stereocenters. The fourth-order valence-electron chi connectivity index (χ4n) is 2.61. The molecule has 1 aliphatic heterocycles. The van der Waals surface area contributed by atoms with Gasteiger partial charge in [-0.3, -0.25) is 0 Å². The number of nitrogens with zero attached hydrogens (tertiary/aromatic N) is 1. The van der Waals surface area contributed by atoms with E-state index in [1.165, 1.54) is 26.2 Å². The van der Waals surface area contributed by atoms with Gasteiger partial charge in [0, 0.05) is 25.2 Å². The molecule has 24 heavy (non-hydrogen) atoms. The monoisotopic (exact) mass is 358 g/mol. The van der Waals surface area contributed by atoms with Gasteiger partial charge in [-0.2, -0.15) is 0 Å². The molecule has 0 bridgehead atoms. The molecule has 2 amide bonds. The number of rotatable bonds is 5. The molecule has 1 aliphatic rings. The van der Waals surface area contributed by atoms with Crippen molar-refractivity contribution in [1.82, 2.24) is 4.90 Å². The van der Waals surface area contributed by atoms with Crippen molar-refractivity contribution in [1.29, 1.82) is 0 Å². The molecule has 1 fully saturated rings. The van der Waals surface area contributed by atoms with Crippen molar-refractivity contribution >= 4 is 21.6 Å². The average Bonchev–Trinajstić information content (AvgIpc) is 2.92. The van der Waals surface area contributed by atoms with Crippen LogP contribution in [0.25, 0.3) is 0 Å². The van der Waals surface area contributed by atoms with Crippen LogP contribution in [0.4, 0.5) is 10.5 Å². The molecule has 0 spiro atoms. The fourth-order valence-corrected chi connectivity index (χ4v) is 4.39. The highest BCUT2D eigenvalue weighted by Gasteiger charge is 2.32. The maximum Gasteiger partial charge on any atom is 0.321 e. The predicted octanol–water partition coefficient (Wildman–Crippen LogP) is 1.36. The molecular weight excluding hydrogens is 336 g/mol. The van der Waals surface area contributed by atoms with E-state index in [9.17, 15) is 13.2 Å². The number of carbonyl (C=O) groups is 1. The van der Waals surface area contributed by atoms with Crippen molar-refractivity contribution in [2.24, 2.45) is 0 Å². The van der Waals surface area contributed by atoms with E-state index in [4.69, 9.17) is 14.2 Å². The normalized spacial score (nSPS) is 18.8. The number of hydrogen-bond acceptors (Lipinski definition) is 6.